The predicted molar refractivity (Wildman–Crippen MR) is 76.0 cm³/mol. The van der Waals surface area contributed by atoms with Gasteiger partial charge in [0, 0.05) is 11.4 Å². The fourth-order valence-corrected chi connectivity index (χ4v) is 2.79. The maximum atomic E-state index is 6.39. The smallest absolute Gasteiger partial charge is 0.198 e. The van der Waals surface area contributed by atoms with Crippen molar-refractivity contribution in [3.8, 4) is 5.75 Å². The molecule has 0 amide bonds. The SMILES string of the molecule is CCOc1cc(C)c(Cl)c(C)c1C1(CC)OCCO1. The van der Waals surface area contributed by atoms with E-state index in [0.717, 1.165) is 33.9 Å². The molecule has 2 rings (SSSR count). The molecule has 0 spiro atoms. The molecule has 0 aliphatic carbocycles. The van der Waals surface area contributed by atoms with E-state index in [2.05, 4.69) is 0 Å². The summed E-state index contributed by atoms with van der Waals surface area (Å²) >= 11 is 6.39. The highest BCUT2D eigenvalue weighted by Crippen LogP contribution is 2.44. The van der Waals surface area contributed by atoms with Crippen LogP contribution in [0.2, 0.25) is 5.02 Å². The van der Waals surface area contributed by atoms with E-state index in [9.17, 15) is 0 Å². The standard InChI is InChI=1S/C15H21ClO3/c1-5-15(18-7-8-19-15)13-11(4)14(16)10(3)9-12(13)17-6-2/h9H,5-8H2,1-4H3. The first-order chi connectivity index (χ1) is 9.05. The van der Waals surface area contributed by atoms with Gasteiger partial charge in [0.15, 0.2) is 5.79 Å². The average Bonchev–Trinajstić information content (AvgIpc) is 2.86. The molecule has 19 heavy (non-hydrogen) atoms. The lowest BCUT2D eigenvalue weighted by atomic mass is 9.95. The van der Waals surface area contributed by atoms with Crippen molar-refractivity contribution < 1.29 is 14.2 Å². The van der Waals surface area contributed by atoms with Crippen molar-refractivity contribution in [3.05, 3.63) is 27.8 Å². The molecule has 0 radical (unpaired) electrons. The van der Waals surface area contributed by atoms with Gasteiger partial charge < -0.3 is 14.2 Å². The number of hydrogen-bond acceptors (Lipinski definition) is 3. The summed E-state index contributed by atoms with van der Waals surface area (Å²) < 4.78 is 17.5. The summed E-state index contributed by atoms with van der Waals surface area (Å²) in [5, 5.41) is 0.755. The van der Waals surface area contributed by atoms with Crippen LogP contribution in [0.25, 0.3) is 0 Å². The molecule has 1 heterocycles. The second kappa shape index (κ2) is 5.70. The molecule has 0 bridgehead atoms. The molecule has 3 nitrogen and oxygen atoms in total. The quantitative estimate of drug-likeness (QED) is 0.837. The molecule has 0 atom stereocenters. The van der Waals surface area contributed by atoms with Gasteiger partial charge in [0.05, 0.1) is 25.4 Å². The molecule has 1 aliphatic rings. The van der Waals surface area contributed by atoms with Crippen molar-refractivity contribution in [2.45, 2.75) is 39.9 Å². The van der Waals surface area contributed by atoms with E-state index in [-0.39, 0.29) is 0 Å². The van der Waals surface area contributed by atoms with Gasteiger partial charge in [0.1, 0.15) is 5.75 Å². The zero-order chi connectivity index (χ0) is 14.0. The van der Waals surface area contributed by atoms with Crippen LogP contribution in [0, 0.1) is 13.8 Å². The van der Waals surface area contributed by atoms with Crippen LogP contribution in [0.15, 0.2) is 6.07 Å². The van der Waals surface area contributed by atoms with Crippen molar-refractivity contribution in [3.63, 3.8) is 0 Å². The highest BCUT2D eigenvalue weighted by Gasteiger charge is 2.41. The lowest BCUT2D eigenvalue weighted by Crippen LogP contribution is -2.28. The molecule has 106 valence electrons. The van der Waals surface area contributed by atoms with Crippen LogP contribution in [-0.2, 0) is 15.3 Å². The summed E-state index contributed by atoms with van der Waals surface area (Å²) in [4.78, 5) is 0. The Kier molecular flexibility index (Phi) is 4.39. The summed E-state index contributed by atoms with van der Waals surface area (Å²) in [6.07, 6.45) is 0.729. The number of ether oxygens (including phenoxy) is 3. The molecule has 1 saturated heterocycles. The van der Waals surface area contributed by atoms with E-state index >= 15 is 0 Å². The molecule has 0 aromatic heterocycles. The van der Waals surface area contributed by atoms with Gasteiger partial charge in [-0.15, -0.1) is 0 Å². The average molecular weight is 285 g/mol. The Bertz CT molecular complexity index is 465. The molecule has 1 fully saturated rings. The minimum absolute atomic E-state index is 0.602. The molecule has 0 saturated carbocycles. The van der Waals surface area contributed by atoms with Gasteiger partial charge in [-0.25, -0.2) is 0 Å². The van der Waals surface area contributed by atoms with Gasteiger partial charge in [-0.2, -0.15) is 0 Å². The number of aryl methyl sites for hydroxylation is 1. The van der Waals surface area contributed by atoms with E-state index < -0.39 is 5.79 Å². The minimum atomic E-state index is -0.716. The van der Waals surface area contributed by atoms with Crippen molar-refractivity contribution in [1.29, 1.82) is 0 Å². The Labute approximate surface area is 119 Å². The molecule has 0 N–H and O–H groups in total. The second-order valence-electron chi connectivity index (χ2n) is 4.74. The van der Waals surface area contributed by atoms with E-state index in [1.807, 2.05) is 33.8 Å². The normalized spacial score (nSPS) is 17.7. The van der Waals surface area contributed by atoms with Crippen molar-refractivity contribution >= 4 is 11.6 Å². The summed E-state index contributed by atoms with van der Waals surface area (Å²) in [5.41, 5.74) is 2.93. The van der Waals surface area contributed by atoms with Crippen LogP contribution in [0.4, 0.5) is 0 Å². The van der Waals surface area contributed by atoms with Crippen LogP contribution < -0.4 is 4.74 Å². The van der Waals surface area contributed by atoms with E-state index in [1.165, 1.54) is 0 Å². The molecule has 0 unspecified atom stereocenters. The van der Waals surface area contributed by atoms with Gasteiger partial charge in [-0.1, -0.05) is 18.5 Å². The van der Waals surface area contributed by atoms with Gasteiger partial charge in [0.25, 0.3) is 0 Å². The third kappa shape index (κ3) is 2.47. The Hall–Kier alpha value is -0.770. The van der Waals surface area contributed by atoms with E-state index in [1.54, 1.807) is 0 Å². The molecule has 4 heteroatoms. The Morgan fingerprint density at radius 3 is 2.42 bits per heavy atom. The van der Waals surface area contributed by atoms with Crippen molar-refractivity contribution in [1.82, 2.24) is 0 Å². The Balaban J connectivity index is 2.62. The van der Waals surface area contributed by atoms with E-state index in [0.29, 0.717) is 19.8 Å². The van der Waals surface area contributed by atoms with Crippen LogP contribution >= 0.6 is 11.6 Å². The highest BCUT2D eigenvalue weighted by atomic mass is 35.5. The van der Waals surface area contributed by atoms with Crippen LogP contribution in [-0.4, -0.2) is 19.8 Å². The van der Waals surface area contributed by atoms with Crippen LogP contribution in [0.1, 0.15) is 37.0 Å². The zero-order valence-electron chi connectivity index (χ0n) is 12.0. The molecule has 1 aliphatic heterocycles. The second-order valence-corrected chi connectivity index (χ2v) is 5.12. The van der Waals surface area contributed by atoms with Crippen LogP contribution in [0.5, 0.6) is 5.75 Å². The summed E-state index contributed by atoms with van der Waals surface area (Å²) in [5.74, 6) is 0.0944. The lowest BCUT2D eigenvalue weighted by Gasteiger charge is -2.30. The first-order valence-corrected chi connectivity index (χ1v) is 7.14. The van der Waals surface area contributed by atoms with Gasteiger partial charge in [0.2, 0.25) is 0 Å². The molecule has 1 aromatic rings. The fourth-order valence-electron chi connectivity index (χ4n) is 2.65. The molecule has 1 aromatic carbocycles. The largest absolute Gasteiger partial charge is 0.493 e. The Morgan fingerprint density at radius 1 is 1.26 bits per heavy atom. The maximum Gasteiger partial charge on any atom is 0.198 e. The fraction of sp³-hybridized carbons (Fsp3) is 0.600. The van der Waals surface area contributed by atoms with Gasteiger partial charge in [-0.05, 0) is 38.0 Å². The zero-order valence-corrected chi connectivity index (χ0v) is 12.8. The minimum Gasteiger partial charge on any atom is -0.493 e. The number of hydrogen-bond donors (Lipinski definition) is 0. The summed E-state index contributed by atoms with van der Waals surface area (Å²) in [6.45, 7) is 9.81. The Morgan fingerprint density at radius 2 is 1.89 bits per heavy atom. The molecular formula is C15H21ClO3. The van der Waals surface area contributed by atoms with Gasteiger partial charge in [-0.3, -0.25) is 0 Å². The number of rotatable bonds is 4. The first kappa shape index (κ1) is 14.6. The molecular weight excluding hydrogens is 264 g/mol. The highest BCUT2D eigenvalue weighted by molar-refractivity contribution is 6.32. The van der Waals surface area contributed by atoms with Crippen molar-refractivity contribution in [2.75, 3.05) is 19.8 Å². The van der Waals surface area contributed by atoms with Gasteiger partial charge >= 0.3 is 0 Å². The van der Waals surface area contributed by atoms with E-state index in [4.69, 9.17) is 25.8 Å². The summed E-state index contributed by atoms with van der Waals surface area (Å²) in [6, 6.07) is 1.97. The third-order valence-corrected chi connectivity index (χ3v) is 4.13. The van der Waals surface area contributed by atoms with Crippen LogP contribution in [0.3, 0.4) is 0 Å². The third-order valence-electron chi connectivity index (χ3n) is 3.54. The maximum absolute atomic E-state index is 6.39. The first-order valence-electron chi connectivity index (χ1n) is 6.76. The van der Waals surface area contributed by atoms with Crippen molar-refractivity contribution in [2.24, 2.45) is 0 Å². The topological polar surface area (TPSA) is 27.7 Å². The number of benzene rings is 1. The summed E-state index contributed by atoms with van der Waals surface area (Å²) in [7, 11) is 0. The lowest BCUT2D eigenvalue weighted by molar-refractivity contribution is -0.169. The number of halogens is 1. The monoisotopic (exact) mass is 284 g/mol. The predicted octanol–water partition coefficient (Wildman–Crippen LogP) is 3.97.